The van der Waals surface area contributed by atoms with Crippen LogP contribution in [0.3, 0.4) is 0 Å². The van der Waals surface area contributed by atoms with Gasteiger partial charge >= 0.3 is 0 Å². The Kier molecular flexibility index (Phi) is 5.83. The van der Waals surface area contributed by atoms with E-state index in [4.69, 9.17) is 4.74 Å². The van der Waals surface area contributed by atoms with E-state index >= 15 is 0 Å². The normalized spacial score (nSPS) is 19.8. The fourth-order valence-corrected chi connectivity index (χ4v) is 3.91. The predicted octanol–water partition coefficient (Wildman–Crippen LogP) is 2.26. The number of hydrogen-bond donors (Lipinski definition) is 1. The molecule has 8 heteroatoms. The van der Waals surface area contributed by atoms with Crippen molar-refractivity contribution in [2.45, 2.75) is 32.2 Å². The van der Waals surface area contributed by atoms with E-state index in [0.29, 0.717) is 23.8 Å². The highest BCUT2D eigenvalue weighted by Crippen LogP contribution is 2.25. The molecule has 0 radical (unpaired) electrons. The molecule has 0 saturated carbocycles. The summed E-state index contributed by atoms with van der Waals surface area (Å²) in [4.78, 5) is 37.7. The van der Waals surface area contributed by atoms with Gasteiger partial charge < -0.3 is 19.9 Å². The summed E-state index contributed by atoms with van der Waals surface area (Å²) in [5.41, 5.74) is 1.16. The summed E-state index contributed by atoms with van der Waals surface area (Å²) >= 11 is 0. The van der Waals surface area contributed by atoms with Gasteiger partial charge in [-0.25, -0.2) is 9.97 Å². The molecule has 8 nitrogen and oxygen atoms in total. The lowest BCUT2D eigenvalue weighted by Crippen LogP contribution is -2.37. The predicted molar refractivity (Wildman–Crippen MR) is 114 cm³/mol. The van der Waals surface area contributed by atoms with Gasteiger partial charge in [0.15, 0.2) is 0 Å². The van der Waals surface area contributed by atoms with Crippen LogP contribution in [0.1, 0.15) is 36.5 Å². The average Bonchev–Trinajstić information content (AvgIpc) is 3.14. The van der Waals surface area contributed by atoms with Crippen molar-refractivity contribution in [1.29, 1.82) is 0 Å². The maximum absolute atomic E-state index is 12.6. The molecule has 3 heterocycles. The van der Waals surface area contributed by atoms with E-state index in [1.54, 1.807) is 24.4 Å². The van der Waals surface area contributed by atoms with Gasteiger partial charge in [0, 0.05) is 50.2 Å². The van der Waals surface area contributed by atoms with Crippen LogP contribution < -0.4 is 19.9 Å². The Morgan fingerprint density at radius 1 is 1.20 bits per heavy atom. The Labute approximate surface area is 176 Å². The smallest absolute Gasteiger partial charge is 0.254 e. The first-order valence-corrected chi connectivity index (χ1v) is 10.4. The van der Waals surface area contributed by atoms with Crippen LogP contribution in [0.5, 0.6) is 5.75 Å². The molecule has 0 spiro atoms. The molecule has 0 aliphatic carbocycles. The van der Waals surface area contributed by atoms with Crippen molar-refractivity contribution in [3.63, 3.8) is 0 Å². The summed E-state index contributed by atoms with van der Waals surface area (Å²) < 4.78 is 5.23. The Balaban J connectivity index is 1.36. The van der Waals surface area contributed by atoms with Crippen LogP contribution >= 0.6 is 0 Å². The molecule has 2 amide bonds. The summed E-state index contributed by atoms with van der Waals surface area (Å²) in [5, 5.41) is 2.93. The topological polar surface area (TPSA) is 87.7 Å². The van der Waals surface area contributed by atoms with Crippen molar-refractivity contribution in [2.75, 3.05) is 36.5 Å². The van der Waals surface area contributed by atoms with Crippen molar-refractivity contribution in [2.24, 2.45) is 5.92 Å². The molecule has 1 aromatic heterocycles. The molecular weight excluding hydrogens is 382 g/mol. The molecule has 2 fully saturated rings. The number of nitrogens with zero attached hydrogens (tertiary/aromatic N) is 4. The van der Waals surface area contributed by atoms with Crippen molar-refractivity contribution in [1.82, 2.24) is 15.3 Å². The van der Waals surface area contributed by atoms with Gasteiger partial charge in [-0.2, -0.15) is 0 Å². The Morgan fingerprint density at radius 3 is 2.63 bits per heavy atom. The molecule has 2 aliphatic rings. The van der Waals surface area contributed by atoms with E-state index in [2.05, 4.69) is 27.1 Å². The third-order valence-electron chi connectivity index (χ3n) is 5.79. The van der Waals surface area contributed by atoms with Crippen molar-refractivity contribution in [3.8, 4) is 5.75 Å². The minimum absolute atomic E-state index is 0.0283. The van der Waals surface area contributed by atoms with E-state index < -0.39 is 0 Å². The Morgan fingerprint density at radius 2 is 1.93 bits per heavy atom. The van der Waals surface area contributed by atoms with Gasteiger partial charge in [-0.15, -0.1) is 0 Å². The van der Waals surface area contributed by atoms with E-state index in [-0.39, 0.29) is 24.3 Å². The molecule has 30 heavy (non-hydrogen) atoms. The van der Waals surface area contributed by atoms with Crippen LogP contribution in [-0.4, -0.2) is 54.6 Å². The molecule has 2 aromatic rings. The molecule has 1 aromatic carbocycles. The van der Waals surface area contributed by atoms with Gasteiger partial charge in [-0.1, -0.05) is 13.0 Å². The lowest BCUT2D eigenvalue weighted by Gasteiger charge is -2.30. The minimum atomic E-state index is -0.265. The number of amides is 2. The fourth-order valence-electron chi connectivity index (χ4n) is 3.91. The molecule has 2 aliphatic heterocycles. The molecule has 0 unspecified atom stereocenters. The zero-order chi connectivity index (χ0) is 21.1. The Bertz CT molecular complexity index is 909. The van der Waals surface area contributed by atoms with Crippen LogP contribution in [0.15, 0.2) is 36.7 Å². The molecule has 1 atom stereocenters. The standard InChI is InChI=1S/C22H27N5O3/c1-15-6-8-26(9-7-15)22-23-12-16(13-24-22)21(29)25-17-10-20(28)27(14-17)18-4-3-5-19(11-18)30-2/h3-5,11-13,15,17H,6-10,14H2,1-2H3,(H,25,29)/t17-/m1/s1. The fraction of sp³-hybridized carbons (Fsp3) is 0.455. The maximum atomic E-state index is 12.6. The second-order valence-electron chi connectivity index (χ2n) is 8.02. The summed E-state index contributed by atoms with van der Waals surface area (Å²) in [6.07, 6.45) is 5.64. The van der Waals surface area contributed by atoms with Crippen LogP contribution in [0, 0.1) is 5.92 Å². The van der Waals surface area contributed by atoms with Gasteiger partial charge in [0.1, 0.15) is 5.75 Å². The third-order valence-corrected chi connectivity index (χ3v) is 5.79. The zero-order valence-electron chi connectivity index (χ0n) is 17.4. The van der Waals surface area contributed by atoms with E-state index in [9.17, 15) is 9.59 Å². The van der Waals surface area contributed by atoms with Crippen molar-refractivity contribution in [3.05, 3.63) is 42.2 Å². The molecule has 0 bridgehead atoms. The lowest BCUT2D eigenvalue weighted by molar-refractivity contribution is -0.117. The van der Waals surface area contributed by atoms with Gasteiger partial charge in [-0.05, 0) is 30.9 Å². The minimum Gasteiger partial charge on any atom is -0.497 e. The molecule has 2 saturated heterocycles. The monoisotopic (exact) mass is 409 g/mol. The third kappa shape index (κ3) is 4.37. The quantitative estimate of drug-likeness (QED) is 0.815. The lowest BCUT2D eigenvalue weighted by atomic mass is 10.00. The molecule has 158 valence electrons. The number of carbonyl (C=O) groups excluding carboxylic acids is 2. The summed E-state index contributed by atoms with van der Waals surface area (Å²) in [6.45, 7) is 4.56. The second kappa shape index (κ2) is 8.69. The number of aromatic nitrogens is 2. The van der Waals surface area contributed by atoms with Crippen LogP contribution in [0.4, 0.5) is 11.6 Å². The largest absolute Gasteiger partial charge is 0.497 e. The number of methoxy groups -OCH3 is 1. The highest BCUT2D eigenvalue weighted by Gasteiger charge is 2.32. The Hall–Kier alpha value is -3.16. The van der Waals surface area contributed by atoms with Gasteiger partial charge in [0.05, 0.1) is 18.7 Å². The van der Waals surface area contributed by atoms with E-state index in [0.717, 1.165) is 37.5 Å². The second-order valence-corrected chi connectivity index (χ2v) is 8.02. The summed E-state index contributed by atoms with van der Waals surface area (Å²) in [7, 11) is 1.59. The first-order chi connectivity index (χ1) is 14.5. The van der Waals surface area contributed by atoms with Crippen LogP contribution in [0.2, 0.25) is 0 Å². The number of piperidine rings is 1. The summed E-state index contributed by atoms with van der Waals surface area (Å²) in [6, 6.07) is 7.08. The highest BCUT2D eigenvalue weighted by molar-refractivity contribution is 5.98. The SMILES string of the molecule is COc1cccc(N2C[C@H](NC(=O)c3cnc(N4CCC(C)CC4)nc3)CC2=O)c1. The molecule has 4 rings (SSSR count). The average molecular weight is 409 g/mol. The zero-order valence-corrected chi connectivity index (χ0v) is 17.4. The van der Waals surface area contributed by atoms with Crippen molar-refractivity contribution < 1.29 is 14.3 Å². The number of rotatable bonds is 5. The number of benzene rings is 1. The number of ether oxygens (including phenoxy) is 1. The number of hydrogen-bond acceptors (Lipinski definition) is 6. The highest BCUT2D eigenvalue weighted by atomic mass is 16.5. The van der Waals surface area contributed by atoms with Crippen LogP contribution in [0.25, 0.3) is 0 Å². The number of nitrogens with one attached hydrogen (secondary N) is 1. The van der Waals surface area contributed by atoms with E-state index in [1.807, 2.05) is 24.3 Å². The van der Waals surface area contributed by atoms with Gasteiger partial charge in [-0.3, -0.25) is 9.59 Å². The maximum Gasteiger partial charge on any atom is 0.254 e. The number of anilines is 2. The van der Waals surface area contributed by atoms with Gasteiger partial charge in [0.25, 0.3) is 5.91 Å². The van der Waals surface area contributed by atoms with Crippen molar-refractivity contribution >= 4 is 23.5 Å². The number of carbonyl (C=O) groups is 2. The molecular formula is C22H27N5O3. The first kappa shape index (κ1) is 20.1. The van der Waals surface area contributed by atoms with E-state index in [1.165, 1.54) is 0 Å². The molecule has 1 N–H and O–H groups in total. The summed E-state index contributed by atoms with van der Waals surface area (Å²) in [5.74, 6) is 1.79. The van der Waals surface area contributed by atoms with Gasteiger partial charge in [0.2, 0.25) is 11.9 Å². The van der Waals surface area contributed by atoms with Crippen LogP contribution in [-0.2, 0) is 4.79 Å². The first-order valence-electron chi connectivity index (χ1n) is 10.4.